The van der Waals surface area contributed by atoms with Crippen LogP contribution in [0.25, 0.3) is 0 Å². The minimum absolute atomic E-state index is 0.153. The highest BCUT2D eigenvalue weighted by Gasteiger charge is 2.53. The van der Waals surface area contributed by atoms with Crippen LogP contribution in [0.3, 0.4) is 0 Å². The Kier molecular flexibility index (Phi) is 8.30. The van der Waals surface area contributed by atoms with E-state index in [1.807, 2.05) is 7.05 Å². The van der Waals surface area contributed by atoms with Gasteiger partial charge in [-0.1, -0.05) is 68.4 Å². The van der Waals surface area contributed by atoms with Crippen molar-refractivity contribution in [3.05, 3.63) is 91.0 Å². The predicted molar refractivity (Wildman–Crippen MR) is 149 cm³/mol. The molecule has 0 saturated heterocycles. The van der Waals surface area contributed by atoms with Gasteiger partial charge >= 0.3 is 0 Å². The van der Waals surface area contributed by atoms with Crippen molar-refractivity contribution in [1.82, 2.24) is 10.2 Å². The van der Waals surface area contributed by atoms with E-state index in [4.69, 9.17) is 17.2 Å². The Bertz CT molecular complexity index is 926. The second-order valence-electron chi connectivity index (χ2n) is 10.2. The summed E-state index contributed by atoms with van der Waals surface area (Å²) >= 11 is 0. The molecule has 0 fully saturated rings. The lowest BCUT2D eigenvalue weighted by molar-refractivity contribution is 0.0791. The molecule has 0 saturated carbocycles. The molecule has 6 heteroatoms. The topological polar surface area (TPSA) is 93.3 Å². The van der Waals surface area contributed by atoms with Crippen LogP contribution in [0.5, 0.6) is 0 Å². The van der Waals surface area contributed by atoms with Gasteiger partial charge in [0.05, 0.1) is 6.16 Å². The number of hydrogen-bond acceptors (Lipinski definition) is 5. The van der Waals surface area contributed by atoms with Gasteiger partial charge in [-0.3, -0.25) is 10.2 Å². The van der Waals surface area contributed by atoms with Crippen LogP contribution < -0.4 is 38.4 Å². The van der Waals surface area contributed by atoms with Gasteiger partial charge in [0.15, 0.2) is 0 Å². The number of nitrogens with one attached hydrogen (secondary N) is 1. The van der Waals surface area contributed by atoms with Gasteiger partial charge in [-0.05, 0) is 57.3 Å². The van der Waals surface area contributed by atoms with Gasteiger partial charge in [0.25, 0.3) is 0 Å². The van der Waals surface area contributed by atoms with Gasteiger partial charge in [0.1, 0.15) is 35.8 Å². The first-order chi connectivity index (χ1) is 16.0. The van der Waals surface area contributed by atoms with Crippen molar-refractivity contribution in [3.63, 3.8) is 0 Å². The van der Waals surface area contributed by atoms with E-state index in [0.717, 1.165) is 6.16 Å². The van der Waals surface area contributed by atoms with E-state index in [-0.39, 0.29) is 11.0 Å². The van der Waals surface area contributed by atoms with Crippen molar-refractivity contribution in [3.8, 4) is 0 Å². The molecule has 0 spiro atoms. The number of benzene rings is 3. The molecule has 0 aliphatic carbocycles. The van der Waals surface area contributed by atoms with E-state index in [0.29, 0.717) is 0 Å². The van der Waals surface area contributed by atoms with Gasteiger partial charge in [-0.15, -0.1) is 0 Å². The molecule has 3 rings (SSSR count). The highest BCUT2D eigenvalue weighted by molar-refractivity contribution is 7.95. The highest BCUT2D eigenvalue weighted by atomic mass is 31.2. The Morgan fingerprint density at radius 1 is 0.706 bits per heavy atom. The molecule has 0 aromatic heterocycles. The smallest absolute Gasteiger partial charge is 0.114 e. The lowest BCUT2D eigenvalue weighted by Gasteiger charge is -2.47. The second-order valence-corrected chi connectivity index (χ2v) is 13.7. The lowest BCUT2D eigenvalue weighted by Crippen LogP contribution is -2.67. The average Bonchev–Trinajstić information content (AvgIpc) is 2.83. The van der Waals surface area contributed by atoms with E-state index in [2.05, 4.69) is 124 Å². The second kappa shape index (κ2) is 10.7. The third kappa shape index (κ3) is 5.41. The molecule has 0 aliphatic rings. The summed E-state index contributed by atoms with van der Waals surface area (Å²) in [4.78, 5) is 1.74. The summed E-state index contributed by atoms with van der Waals surface area (Å²) in [6.07, 6.45) is -0.137. The van der Waals surface area contributed by atoms with Crippen molar-refractivity contribution in [1.29, 1.82) is 0 Å². The van der Waals surface area contributed by atoms with E-state index >= 15 is 0 Å². The van der Waals surface area contributed by atoms with Crippen LogP contribution in [0.15, 0.2) is 91.0 Å². The van der Waals surface area contributed by atoms with Crippen molar-refractivity contribution >= 4 is 23.2 Å². The van der Waals surface area contributed by atoms with Crippen LogP contribution in [0.1, 0.15) is 27.7 Å². The van der Waals surface area contributed by atoms with E-state index in [1.54, 1.807) is 4.90 Å². The highest BCUT2D eigenvalue weighted by Crippen LogP contribution is 2.60. The maximum absolute atomic E-state index is 6.46. The number of nitrogens with zero attached hydrogens (tertiary/aromatic N) is 1. The van der Waals surface area contributed by atoms with E-state index < -0.39 is 19.8 Å². The maximum atomic E-state index is 6.46. The molecular weight excluding hydrogens is 437 g/mol. The summed E-state index contributed by atoms with van der Waals surface area (Å²) in [6.45, 7) is 9.11. The molecule has 0 radical (unpaired) electrons. The summed E-state index contributed by atoms with van der Waals surface area (Å²) in [5.41, 5.74) is 17.8. The van der Waals surface area contributed by atoms with Crippen LogP contribution in [-0.4, -0.2) is 36.2 Å². The Hall–Kier alpha value is -2.11. The fourth-order valence-corrected chi connectivity index (χ4v) is 9.48. The van der Waals surface area contributed by atoms with Crippen molar-refractivity contribution < 1.29 is 0 Å². The number of rotatable bonds is 10. The zero-order valence-corrected chi connectivity index (χ0v) is 22.0. The SMILES string of the molecule is CN(C(N)N)C(N)NC(C)(C)C(C)(C)C[P+](c1ccccc1)(c1ccccc1)c1ccccc1. The Labute approximate surface area is 206 Å². The van der Waals surface area contributed by atoms with Gasteiger partial charge in [0, 0.05) is 11.0 Å². The maximum Gasteiger partial charge on any atom is 0.114 e. The first-order valence-corrected chi connectivity index (χ1v) is 13.8. The predicted octanol–water partition coefficient (Wildman–Crippen LogP) is 2.75. The fourth-order valence-electron chi connectivity index (χ4n) is 4.41. The van der Waals surface area contributed by atoms with Gasteiger partial charge in [-0.25, -0.2) is 0 Å². The van der Waals surface area contributed by atoms with Crippen molar-refractivity contribution in [2.45, 2.75) is 45.8 Å². The molecule has 7 N–H and O–H groups in total. The van der Waals surface area contributed by atoms with Gasteiger partial charge < -0.3 is 17.2 Å². The summed E-state index contributed by atoms with van der Waals surface area (Å²) in [5.74, 6) is 0. The molecule has 0 heterocycles. The molecule has 1 atom stereocenters. The molecule has 0 amide bonds. The van der Waals surface area contributed by atoms with Crippen molar-refractivity contribution in [2.75, 3.05) is 13.2 Å². The molecule has 5 nitrogen and oxygen atoms in total. The molecular formula is C28H41N5P+. The number of nitrogens with two attached hydrogens (primary N) is 3. The zero-order chi connectivity index (χ0) is 25.0. The fraction of sp³-hybridized carbons (Fsp3) is 0.357. The largest absolute Gasteiger partial charge is 0.304 e. The third-order valence-corrected chi connectivity index (χ3v) is 12.1. The van der Waals surface area contributed by atoms with Gasteiger partial charge in [-0.2, -0.15) is 0 Å². The molecule has 0 aliphatic heterocycles. The molecule has 0 bridgehead atoms. The standard InChI is InChI=1S/C28H41N5P/c1-27(2,28(3,4)32-26(31)33(5)25(29)30)21-34(22-15-9-6-10-16-22,23-17-11-7-12-18-23)24-19-13-8-14-20-24/h6-20,25-26,32H,21,29-31H2,1-5H3/q+1. The Morgan fingerprint density at radius 3 is 1.38 bits per heavy atom. The first-order valence-electron chi connectivity index (χ1n) is 11.8. The molecule has 3 aromatic rings. The summed E-state index contributed by atoms with van der Waals surface area (Å²) < 4.78 is 0. The molecule has 34 heavy (non-hydrogen) atoms. The van der Waals surface area contributed by atoms with E-state index in [9.17, 15) is 0 Å². The normalized spacial score (nSPS) is 13.9. The summed E-state index contributed by atoms with van der Waals surface area (Å²) in [6, 6.07) is 32.9. The molecule has 1 unspecified atom stereocenters. The van der Waals surface area contributed by atoms with E-state index in [1.165, 1.54) is 15.9 Å². The van der Waals surface area contributed by atoms with Gasteiger partial charge in [0.2, 0.25) is 0 Å². The minimum Gasteiger partial charge on any atom is -0.304 e. The molecule has 182 valence electrons. The van der Waals surface area contributed by atoms with Crippen LogP contribution in [0.4, 0.5) is 0 Å². The first kappa shape index (κ1) is 26.5. The molecule has 3 aromatic carbocycles. The Morgan fingerprint density at radius 2 is 1.06 bits per heavy atom. The minimum atomic E-state index is -2.00. The monoisotopic (exact) mass is 478 g/mol. The van der Waals surface area contributed by atoms with Crippen LogP contribution in [0.2, 0.25) is 0 Å². The van der Waals surface area contributed by atoms with Crippen LogP contribution in [0, 0.1) is 5.41 Å². The van der Waals surface area contributed by atoms with Crippen molar-refractivity contribution in [2.24, 2.45) is 22.6 Å². The summed E-state index contributed by atoms with van der Waals surface area (Å²) in [7, 11) is -0.167. The third-order valence-electron chi connectivity index (χ3n) is 7.33. The zero-order valence-electron chi connectivity index (χ0n) is 21.1. The quantitative estimate of drug-likeness (QED) is 0.266. The number of hydrogen-bond donors (Lipinski definition) is 4. The Balaban J connectivity index is 2.16. The summed E-state index contributed by atoms with van der Waals surface area (Å²) in [5, 5.41) is 7.75. The lowest BCUT2D eigenvalue weighted by atomic mass is 9.76. The van der Waals surface area contributed by atoms with Crippen LogP contribution in [-0.2, 0) is 0 Å². The average molecular weight is 479 g/mol. The van der Waals surface area contributed by atoms with Crippen LogP contribution >= 0.6 is 7.26 Å².